The van der Waals surface area contributed by atoms with Crippen molar-refractivity contribution < 1.29 is 9.59 Å². The Kier molecular flexibility index (Phi) is 4.86. The molecule has 0 aliphatic carbocycles. The first-order chi connectivity index (χ1) is 13.5. The van der Waals surface area contributed by atoms with Crippen molar-refractivity contribution in [3.05, 3.63) is 59.9 Å². The molecule has 2 heterocycles. The van der Waals surface area contributed by atoms with Gasteiger partial charge in [-0.1, -0.05) is 36.4 Å². The first kappa shape index (κ1) is 18.2. The van der Waals surface area contributed by atoms with Gasteiger partial charge in [0.2, 0.25) is 11.8 Å². The number of fused-ring (bicyclic) bond motifs is 1. The summed E-state index contributed by atoms with van der Waals surface area (Å²) in [6.45, 7) is 4.75. The Bertz CT molecular complexity index is 1030. The van der Waals surface area contributed by atoms with Crippen molar-refractivity contribution in [1.82, 2.24) is 20.0 Å². The summed E-state index contributed by atoms with van der Waals surface area (Å²) in [4.78, 5) is 25.7. The second-order valence-electron chi connectivity index (χ2n) is 7.30. The number of benzene rings is 2. The summed E-state index contributed by atoms with van der Waals surface area (Å²) < 4.78 is 1.92. The van der Waals surface area contributed by atoms with Crippen molar-refractivity contribution in [3.63, 3.8) is 0 Å². The van der Waals surface area contributed by atoms with Crippen molar-refractivity contribution in [2.75, 3.05) is 13.1 Å². The molecule has 0 bridgehead atoms. The van der Waals surface area contributed by atoms with Crippen LogP contribution in [0.3, 0.4) is 0 Å². The Balaban J connectivity index is 1.54. The van der Waals surface area contributed by atoms with Gasteiger partial charge >= 0.3 is 0 Å². The minimum absolute atomic E-state index is 0.0581. The molecule has 1 atom stereocenters. The quantitative estimate of drug-likeness (QED) is 0.744. The first-order valence-corrected chi connectivity index (χ1v) is 9.64. The summed E-state index contributed by atoms with van der Waals surface area (Å²) in [5.41, 5.74) is 2.97. The molecule has 4 rings (SSSR count). The summed E-state index contributed by atoms with van der Waals surface area (Å²) in [5, 5.41) is 9.87. The summed E-state index contributed by atoms with van der Waals surface area (Å²) in [6.07, 6.45) is 3.18. The first-order valence-electron chi connectivity index (χ1n) is 9.64. The SMILES string of the molecule is Cc1c([C@@H](C)NC(=O)CN2CCCC2=O)cnn1-c1cccc2ccccc12. The zero-order valence-electron chi connectivity index (χ0n) is 16.2. The van der Waals surface area contributed by atoms with Gasteiger partial charge in [0, 0.05) is 29.6 Å². The standard InChI is InChI=1S/C22H24N4O2/c1-15(24-21(27)14-25-12-6-11-22(25)28)19-13-23-26(16(19)2)20-10-5-8-17-7-3-4-9-18(17)20/h3-5,7-10,13,15H,6,11-12,14H2,1-2H3,(H,24,27)/t15-/m1/s1. The van der Waals surface area contributed by atoms with Crippen molar-refractivity contribution in [3.8, 4) is 5.69 Å². The molecule has 0 unspecified atom stereocenters. The lowest BCUT2D eigenvalue weighted by Crippen LogP contribution is -2.38. The number of rotatable bonds is 5. The summed E-state index contributed by atoms with van der Waals surface area (Å²) >= 11 is 0. The lowest BCUT2D eigenvalue weighted by molar-refractivity contribution is -0.133. The van der Waals surface area contributed by atoms with E-state index in [1.165, 1.54) is 0 Å². The number of nitrogens with zero attached hydrogens (tertiary/aromatic N) is 3. The van der Waals surface area contributed by atoms with Crippen LogP contribution in [0, 0.1) is 6.92 Å². The predicted molar refractivity (Wildman–Crippen MR) is 108 cm³/mol. The molecule has 6 heteroatoms. The molecule has 1 N–H and O–H groups in total. The van der Waals surface area contributed by atoms with Crippen LogP contribution in [0.5, 0.6) is 0 Å². The third kappa shape index (κ3) is 3.38. The number of aromatic nitrogens is 2. The van der Waals surface area contributed by atoms with Gasteiger partial charge in [-0.2, -0.15) is 5.10 Å². The molecule has 2 amide bonds. The van der Waals surface area contributed by atoms with Gasteiger partial charge in [0.1, 0.15) is 0 Å². The zero-order valence-corrected chi connectivity index (χ0v) is 16.2. The third-order valence-corrected chi connectivity index (χ3v) is 5.39. The van der Waals surface area contributed by atoms with Crippen LogP contribution in [0.4, 0.5) is 0 Å². The molecule has 2 aromatic carbocycles. The van der Waals surface area contributed by atoms with Crippen LogP contribution in [0.25, 0.3) is 16.5 Å². The van der Waals surface area contributed by atoms with Gasteiger partial charge < -0.3 is 10.2 Å². The molecule has 0 radical (unpaired) electrons. The largest absolute Gasteiger partial charge is 0.348 e. The Morgan fingerprint density at radius 2 is 2.00 bits per heavy atom. The van der Waals surface area contributed by atoms with Crippen LogP contribution in [0.15, 0.2) is 48.7 Å². The van der Waals surface area contributed by atoms with Gasteiger partial charge in [-0.25, -0.2) is 4.68 Å². The van der Waals surface area contributed by atoms with Crippen LogP contribution >= 0.6 is 0 Å². The Morgan fingerprint density at radius 1 is 1.21 bits per heavy atom. The third-order valence-electron chi connectivity index (χ3n) is 5.39. The Labute approximate surface area is 164 Å². The molecule has 0 saturated carbocycles. The molecule has 0 spiro atoms. The lowest BCUT2D eigenvalue weighted by Gasteiger charge is -2.18. The van der Waals surface area contributed by atoms with Crippen molar-refractivity contribution in [1.29, 1.82) is 0 Å². The second kappa shape index (κ2) is 7.46. The maximum atomic E-state index is 12.4. The molecule has 1 aliphatic rings. The molecule has 28 heavy (non-hydrogen) atoms. The summed E-state index contributed by atoms with van der Waals surface area (Å²) in [5.74, 6) is -0.0807. The molecule has 1 fully saturated rings. The van der Waals surface area contributed by atoms with E-state index in [0.29, 0.717) is 13.0 Å². The monoisotopic (exact) mass is 376 g/mol. The van der Waals surface area contributed by atoms with E-state index in [1.807, 2.05) is 49.0 Å². The van der Waals surface area contributed by atoms with Crippen molar-refractivity contribution in [2.45, 2.75) is 32.7 Å². The fraction of sp³-hybridized carbons (Fsp3) is 0.318. The molecule has 3 aromatic rings. The van der Waals surface area contributed by atoms with E-state index in [0.717, 1.165) is 34.1 Å². The van der Waals surface area contributed by atoms with Gasteiger partial charge in [0.05, 0.1) is 24.5 Å². The number of carbonyl (C=O) groups is 2. The van der Waals surface area contributed by atoms with Gasteiger partial charge in [-0.3, -0.25) is 9.59 Å². The number of carbonyl (C=O) groups excluding carboxylic acids is 2. The Morgan fingerprint density at radius 3 is 2.79 bits per heavy atom. The highest BCUT2D eigenvalue weighted by atomic mass is 16.2. The van der Waals surface area contributed by atoms with Gasteiger partial charge in [-0.05, 0) is 31.7 Å². The van der Waals surface area contributed by atoms with E-state index in [-0.39, 0.29) is 24.4 Å². The van der Waals surface area contributed by atoms with Crippen LogP contribution in [0.1, 0.15) is 37.1 Å². The number of hydrogen-bond donors (Lipinski definition) is 1. The number of nitrogens with one attached hydrogen (secondary N) is 1. The van der Waals surface area contributed by atoms with E-state index < -0.39 is 0 Å². The number of likely N-dealkylation sites (tertiary alicyclic amines) is 1. The van der Waals surface area contributed by atoms with E-state index in [4.69, 9.17) is 0 Å². The fourth-order valence-electron chi connectivity index (χ4n) is 3.89. The van der Waals surface area contributed by atoms with Crippen LogP contribution in [-0.4, -0.2) is 39.6 Å². The van der Waals surface area contributed by atoms with E-state index in [9.17, 15) is 9.59 Å². The second-order valence-corrected chi connectivity index (χ2v) is 7.30. The average Bonchev–Trinajstić information content (AvgIpc) is 3.27. The minimum Gasteiger partial charge on any atom is -0.348 e. The number of amides is 2. The smallest absolute Gasteiger partial charge is 0.240 e. The van der Waals surface area contributed by atoms with Crippen molar-refractivity contribution >= 4 is 22.6 Å². The summed E-state index contributed by atoms with van der Waals surface area (Å²) in [6, 6.07) is 14.2. The van der Waals surface area contributed by atoms with E-state index in [1.54, 1.807) is 4.90 Å². The van der Waals surface area contributed by atoms with E-state index in [2.05, 4.69) is 28.6 Å². The van der Waals surface area contributed by atoms with Crippen LogP contribution in [0.2, 0.25) is 0 Å². The highest BCUT2D eigenvalue weighted by Gasteiger charge is 2.24. The fourth-order valence-corrected chi connectivity index (χ4v) is 3.89. The molecule has 1 aliphatic heterocycles. The Hall–Kier alpha value is -3.15. The number of hydrogen-bond acceptors (Lipinski definition) is 3. The normalized spacial score (nSPS) is 15.2. The zero-order chi connectivity index (χ0) is 19.7. The molecule has 144 valence electrons. The average molecular weight is 376 g/mol. The van der Waals surface area contributed by atoms with Crippen LogP contribution < -0.4 is 5.32 Å². The highest BCUT2D eigenvalue weighted by molar-refractivity contribution is 5.90. The molecular weight excluding hydrogens is 352 g/mol. The highest BCUT2D eigenvalue weighted by Crippen LogP contribution is 2.25. The molecular formula is C22H24N4O2. The maximum Gasteiger partial charge on any atom is 0.240 e. The lowest BCUT2D eigenvalue weighted by atomic mass is 10.1. The maximum absolute atomic E-state index is 12.4. The van der Waals surface area contributed by atoms with Gasteiger partial charge in [-0.15, -0.1) is 0 Å². The molecule has 1 saturated heterocycles. The minimum atomic E-state index is -0.186. The van der Waals surface area contributed by atoms with Crippen molar-refractivity contribution in [2.24, 2.45) is 0 Å². The van der Waals surface area contributed by atoms with E-state index >= 15 is 0 Å². The topological polar surface area (TPSA) is 67.2 Å². The van der Waals surface area contributed by atoms with Gasteiger partial charge in [0.15, 0.2) is 0 Å². The van der Waals surface area contributed by atoms with Crippen LogP contribution in [-0.2, 0) is 9.59 Å². The molecule has 6 nitrogen and oxygen atoms in total. The predicted octanol–water partition coefficient (Wildman–Crippen LogP) is 3.13. The molecule has 1 aromatic heterocycles. The van der Waals surface area contributed by atoms with Gasteiger partial charge in [0.25, 0.3) is 0 Å². The summed E-state index contributed by atoms with van der Waals surface area (Å²) in [7, 11) is 0.